The predicted octanol–water partition coefficient (Wildman–Crippen LogP) is 1.37. The van der Waals surface area contributed by atoms with Crippen molar-refractivity contribution in [2.75, 3.05) is 17.2 Å². The van der Waals surface area contributed by atoms with Crippen molar-refractivity contribution in [2.24, 2.45) is 0 Å². The molecule has 6 heteroatoms. The van der Waals surface area contributed by atoms with E-state index in [1.165, 1.54) is 0 Å². The van der Waals surface area contributed by atoms with Crippen molar-refractivity contribution >= 4 is 11.8 Å². The number of hydrogen-bond donors (Lipinski definition) is 1. The Morgan fingerprint density at radius 1 is 1.32 bits per heavy atom. The number of aromatic nitrogens is 3. The van der Waals surface area contributed by atoms with E-state index in [-0.39, 0.29) is 5.95 Å². The topological polar surface area (TPSA) is 91.7 Å². The van der Waals surface area contributed by atoms with Gasteiger partial charge in [0.15, 0.2) is 0 Å². The van der Waals surface area contributed by atoms with E-state index < -0.39 is 0 Å². The van der Waals surface area contributed by atoms with Crippen LogP contribution in [0.25, 0.3) is 0 Å². The number of nitrogen functional groups attached to an aromatic ring is 1. The van der Waals surface area contributed by atoms with E-state index in [0.717, 1.165) is 5.56 Å². The molecule has 0 aliphatic carbocycles. The van der Waals surface area contributed by atoms with Crippen LogP contribution in [-0.2, 0) is 6.54 Å². The maximum Gasteiger partial charge on any atom is 0.221 e. The first kappa shape index (κ1) is 12.8. The maximum absolute atomic E-state index is 8.74. The Morgan fingerprint density at radius 3 is 2.89 bits per heavy atom. The molecule has 6 nitrogen and oxygen atoms in total. The van der Waals surface area contributed by atoms with Gasteiger partial charge < -0.3 is 10.6 Å². The Morgan fingerprint density at radius 2 is 2.21 bits per heavy atom. The highest BCUT2D eigenvalue weighted by molar-refractivity contribution is 5.41. The van der Waals surface area contributed by atoms with Gasteiger partial charge in [-0.25, -0.2) is 4.98 Å². The molecular formula is C13H14N6. The van der Waals surface area contributed by atoms with Crippen molar-refractivity contribution in [1.82, 2.24) is 15.0 Å². The number of anilines is 2. The Kier molecular flexibility index (Phi) is 4.24. The highest BCUT2D eigenvalue weighted by Gasteiger charge is 2.09. The third-order valence-electron chi connectivity index (χ3n) is 2.57. The zero-order valence-electron chi connectivity index (χ0n) is 10.4. The minimum Gasteiger partial charge on any atom is -0.368 e. The van der Waals surface area contributed by atoms with E-state index in [2.05, 4.69) is 21.0 Å². The molecule has 0 saturated carbocycles. The lowest BCUT2D eigenvalue weighted by Gasteiger charge is -2.22. The first-order chi connectivity index (χ1) is 9.29. The molecule has 2 rings (SSSR count). The van der Waals surface area contributed by atoms with E-state index >= 15 is 0 Å². The summed E-state index contributed by atoms with van der Waals surface area (Å²) in [5.41, 5.74) is 6.65. The molecule has 2 aromatic heterocycles. The molecule has 2 heterocycles. The van der Waals surface area contributed by atoms with Gasteiger partial charge in [0, 0.05) is 31.7 Å². The van der Waals surface area contributed by atoms with Gasteiger partial charge in [0.05, 0.1) is 12.5 Å². The molecule has 0 spiro atoms. The molecule has 0 atom stereocenters. The second kappa shape index (κ2) is 6.31. The van der Waals surface area contributed by atoms with Crippen molar-refractivity contribution in [3.8, 4) is 6.07 Å². The highest BCUT2D eigenvalue weighted by atomic mass is 15.2. The van der Waals surface area contributed by atoms with Crippen LogP contribution in [0, 0.1) is 11.3 Å². The van der Waals surface area contributed by atoms with E-state index in [9.17, 15) is 0 Å². The van der Waals surface area contributed by atoms with Gasteiger partial charge in [-0.3, -0.25) is 4.98 Å². The van der Waals surface area contributed by atoms with Crippen molar-refractivity contribution in [3.05, 3.63) is 42.4 Å². The zero-order valence-corrected chi connectivity index (χ0v) is 10.4. The minimum absolute atomic E-state index is 0.227. The molecule has 0 bridgehead atoms. The summed E-state index contributed by atoms with van der Waals surface area (Å²) in [7, 11) is 0. The van der Waals surface area contributed by atoms with Gasteiger partial charge >= 0.3 is 0 Å². The molecule has 0 saturated heterocycles. The van der Waals surface area contributed by atoms with Crippen molar-refractivity contribution in [3.63, 3.8) is 0 Å². The van der Waals surface area contributed by atoms with Gasteiger partial charge in [0.2, 0.25) is 5.95 Å². The SMILES string of the molecule is N#CCCN(Cc1cccnc1)c1ccnc(N)n1. The summed E-state index contributed by atoms with van der Waals surface area (Å²) >= 11 is 0. The van der Waals surface area contributed by atoms with Gasteiger partial charge in [0.25, 0.3) is 0 Å². The molecule has 0 aliphatic rings. The Hall–Kier alpha value is -2.68. The summed E-state index contributed by atoms with van der Waals surface area (Å²) in [6, 6.07) is 7.78. The fourth-order valence-electron chi connectivity index (χ4n) is 1.71. The summed E-state index contributed by atoms with van der Waals surface area (Å²) in [6.45, 7) is 1.22. The number of hydrogen-bond acceptors (Lipinski definition) is 6. The molecular weight excluding hydrogens is 240 g/mol. The number of nitrogens with two attached hydrogens (primary N) is 1. The number of nitriles is 1. The second-order valence-corrected chi connectivity index (χ2v) is 3.96. The van der Waals surface area contributed by atoms with E-state index in [4.69, 9.17) is 11.0 Å². The Bertz CT molecular complexity index is 563. The van der Waals surface area contributed by atoms with Crippen LogP contribution < -0.4 is 10.6 Å². The molecule has 0 aliphatic heterocycles. The van der Waals surface area contributed by atoms with Crippen LogP contribution in [0.5, 0.6) is 0 Å². The normalized spacial score (nSPS) is 9.84. The lowest BCUT2D eigenvalue weighted by atomic mass is 10.2. The Labute approximate surface area is 111 Å². The second-order valence-electron chi connectivity index (χ2n) is 3.96. The van der Waals surface area contributed by atoms with Gasteiger partial charge in [0.1, 0.15) is 5.82 Å². The van der Waals surface area contributed by atoms with Crippen LogP contribution in [0.15, 0.2) is 36.8 Å². The zero-order chi connectivity index (χ0) is 13.5. The third-order valence-corrected chi connectivity index (χ3v) is 2.57. The molecule has 96 valence electrons. The van der Waals surface area contributed by atoms with Gasteiger partial charge in [-0.2, -0.15) is 10.2 Å². The van der Waals surface area contributed by atoms with Crippen LogP contribution in [-0.4, -0.2) is 21.5 Å². The number of rotatable bonds is 5. The van der Waals surface area contributed by atoms with E-state index in [0.29, 0.717) is 25.3 Å². The lowest BCUT2D eigenvalue weighted by molar-refractivity contribution is 0.779. The standard InChI is InChI=1S/C13H14N6/c14-5-2-8-19(10-11-3-1-6-16-9-11)12-4-7-17-13(15)18-12/h1,3-4,6-7,9H,2,8,10H2,(H2,15,17,18). The monoisotopic (exact) mass is 254 g/mol. The maximum atomic E-state index is 8.74. The van der Waals surface area contributed by atoms with Gasteiger partial charge in [-0.15, -0.1) is 0 Å². The molecule has 0 aromatic carbocycles. The Balaban J connectivity index is 2.19. The average Bonchev–Trinajstić information content (AvgIpc) is 2.44. The largest absolute Gasteiger partial charge is 0.368 e. The van der Waals surface area contributed by atoms with Gasteiger partial charge in [-0.05, 0) is 17.7 Å². The van der Waals surface area contributed by atoms with Gasteiger partial charge in [-0.1, -0.05) is 6.07 Å². The first-order valence-electron chi connectivity index (χ1n) is 5.89. The van der Waals surface area contributed by atoms with Crippen LogP contribution in [0.1, 0.15) is 12.0 Å². The summed E-state index contributed by atoms with van der Waals surface area (Å²) in [4.78, 5) is 14.1. The van der Waals surface area contributed by atoms with E-state index in [1.807, 2.05) is 17.0 Å². The summed E-state index contributed by atoms with van der Waals surface area (Å²) in [5, 5.41) is 8.74. The summed E-state index contributed by atoms with van der Waals surface area (Å²) in [6.07, 6.45) is 5.56. The molecule has 0 amide bonds. The number of pyridine rings is 1. The van der Waals surface area contributed by atoms with Crippen molar-refractivity contribution < 1.29 is 0 Å². The molecule has 0 radical (unpaired) electrons. The molecule has 2 aromatic rings. The molecule has 2 N–H and O–H groups in total. The van der Waals surface area contributed by atoms with E-state index in [1.54, 1.807) is 24.7 Å². The molecule has 0 fully saturated rings. The number of nitrogens with zero attached hydrogens (tertiary/aromatic N) is 5. The average molecular weight is 254 g/mol. The fourth-order valence-corrected chi connectivity index (χ4v) is 1.71. The minimum atomic E-state index is 0.227. The molecule has 19 heavy (non-hydrogen) atoms. The summed E-state index contributed by atoms with van der Waals surface area (Å²) in [5.74, 6) is 0.942. The van der Waals surface area contributed by atoms with Crippen LogP contribution in [0.4, 0.5) is 11.8 Å². The fraction of sp³-hybridized carbons (Fsp3) is 0.231. The van der Waals surface area contributed by atoms with Crippen LogP contribution in [0.3, 0.4) is 0 Å². The van der Waals surface area contributed by atoms with Crippen LogP contribution in [0.2, 0.25) is 0 Å². The lowest BCUT2D eigenvalue weighted by Crippen LogP contribution is -2.25. The highest BCUT2D eigenvalue weighted by Crippen LogP contribution is 2.14. The first-order valence-corrected chi connectivity index (χ1v) is 5.89. The quantitative estimate of drug-likeness (QED) is 0.866. The van der Waals surface area contributed by atoms with Crippen molar-refractivity contribution in [1.29, 1.82) is 5.26 Å². The smallest absolute Gasteiger partial charge is 0.221 e. The molecule has 0 unspecified atom stereocenters. The van der Waals surface area contributed by atoms with Crippen molar-refractivity contribution in [2.45, 2.75) is 13.0 Å². The van der Waals surface area contributed by atoms with Crippen LogP contribution >= 0.6 is 0 Å². The summed E-state index contributed by atoms with van der Waals surface area (Å²) < 4.78 is 0. The third kappa shape index (κ3) is 3.64. The predicted molar refractivity (Wildman–Crippen MR) is 72.0 cm³/mol.